The Balaban J connectivity index is 1.96. The van der Waals surface area contributed by atoms with Crippen molar-refractivity contribution in [2.24, 2.45) is 5.73 Å². The average Bonchev–Trinajstić information content (AvgIpc) is 2.79. The van der Waals surface area contributed by atoms with Crippen LogP contribution in [-0.2, 0) is 6.54 Å². The molecule has 1 aromatic heterocycles. The van der Waals surface area contributed by atoms with Crippen molar-refractivity contribution < 1.29 is 9.18 Å². The lowest BCUT2D eigenvalue weighted by molar-refractivity contribution is 0.211. The second-order valence-corrected chi connectivity index (χ2v) is 5.81. The number of halogens is 1. The van der Waals surface area contributed by atoms with Crippen LogP contribution in [0.5, 0.6) is 0 Å². The maximum absolute atomic E-state index is 13.4. The zero-order valence-electron chi connectivity index (χ0n) is 11.2. The van der Waals surface area contributed by atoms with Crippen LogP contribution >= 0.6 is 11.8 Å². The van der Waals surface area contributed by atoms with Crippen molar-refractivity contribution in [3.63, 3.8) is 0 Å². The lowest BCUT2D eigenvalue weighted by atomic mass is 10.3. The van der Waals surface area contributed by atoms with E-state index >= 15 is 0 Å². The Kier molecular flexibility index (Phi) is 4.97. The highest BCUT2D eigenvalue weighted by Gasteiger charge is 2.27. The van der Waals surface area contributed by atoms with Gasteiger partial charge in [-0.1, -0.05) is 0 Å². The summed E-state index contributed by atoms with van der Waals surface area (Å²) in [5, 5.41) is 2.68. The van der Waals surface area contributed by atoms with Gasteiger partial charge in [-0.25, -0.2) is 9.18 Å². The van der Waals surface area contributed by atoms with Crippen molar-refractivity contribution in [3.8, 4) is 0 Å². The van der Waals surface area contributed by atoms with Crippen molar-refractivity contribution in [3.05, 3.63) is 40.9 Å². The minimum atomic E-state index is -0.422. The van der Waals surface area contributed by atoms with Crippen molar-refractivity contribution in [1.29, 1.82) is 0 Å². The minimum absolute atomic E-state index is 0.00794. The predicted octanol–water partition coefficient (Wildman–Crippen LogP) is 2.02. The van der Waals surface area contributed by atoms with Crippen LogP contribution in [0.25, 0.3) is 0 Å². The first-order valence-corrected chi connectivity index (χ1v) is 7.20. The van der Waals surface area contributed by atoms with Crippen LogP contribution in [0, 0.1) is 5.82 Å². The minimum Gasteiger partial charge on any atom is -0.332 e. The highest BCUT2D eigenvalue weighted by molar-refractivity contribution is 8.03. The van der Waals surface area contributed by atoms with Crippen LogP contribution in [0.2, 0.25) is 0 Å². The standard InChI is InChI=1S/C13H17FN4OS/c1-9-8-18(12(20-9)4-5-15)13(19)17-7-11-10(14)3-2-6-16-11/h2-3,6,8,12H,4-5,7,15H2,1H3,(H,17,19). The van der Waals surface area contributed by atoms with E-state index in [0.29, 0.717) is 13.0 Å². The molecule has 108 valence electrons. The molecule has 2 amide bonds. The van der Waals surface area contributed by atoms with Crippen molar-refractivity contribution >= 4 is 17.8 Å². The molecule has 1 aliphatic rings. The van der Waals surface area contributed by atoms with E-state index in [-0.39, 0.29) is 23.6 Å². The lowest BCUT2D eigenvalue weighted by Gasteiger charge is -2.22. The zero-order valence-corrected chi connectivity index (χ0v) is 12.0. The molecular formula is C13H17FN4OS. The van der Waals surface area contributed by atoms with Gasteiger partial charge in [0.25, 0.3) is 0 Å². The molecular weight excluding hydrogens is 279 g/mol. The summed E-state index contributed by atoms with van der Waals surface area (Å²) in [5.41, 5.74) is 5.77. The van der Waals surface area contributed by atoms with Gasteiger partial charge < -0.3 is 11.1 Å². The largest absolute Gasteiger partial charge is 0.332 e. The number of nitrogens with one attached hydrogen (secondary N) is 1. The molecule has 2 heterocycles. The maximum Gasteiger partial charge on any atom is 0.322 e. The molecule has 0 saturated heterocycles. The third kappa shape index (κ3) is 3.49. The fraction of sp³-hybridized carbons (Fsp3) is 0.385. The second-order valence-electron chi connectivity index (χ2n) is 4.39. The van der Waals surface area contributed by atoms with Crippen LogP contribution in [0.4, 0.5) is 9.18 Å². The van der Waals surface area contributed by atoms with Crippen molar-refractivity contribution in [1.82, 2.24) is 15.2 Å². The number of amides is 2. The Bertz CT molecular complexity index is 523. The van der Waals surface area contributed by atoms with E-state index in [4.69, 9.17) is 5.73 Å². The SMILES string of the molecule is CC1=CN(C(=O)NCc2ncccc2F)C(CCN)S1. The third-order valence-corrected chi connectivity index (χ3v) is 4.06. The number of carbonyl (C=O) groups excluding carboxylic acids is 1. The van der Waals surface area contributed by atoms with E-state index in [1.54, 1.807) is 22.9 Å². The summed E-state index contributed by atoms with van der Waals surface area (Å²) >= 11 is 1.61. The molecule has 5 nitrogen and oxygen atoms in total. The summed E-state index contributed by atoms with van der Waals surface area (Å²) in [5.74, 6) is -0.422. The molecule has 20 heavy (non-hydrogen) atoms. The van der Waals surface area contributed by atoms with Crippen LogP contribution in [-0.4, -0.2) is 27.8 Å². The van der Waals surface area contributed by atoms with Crippen molar-refractivity contribution in [2.75, 3.05) is 6.54 Å². The number of rotatable bonds is 4. The van der Waals surface area contributed by atoms with E-state index in [1.165, 1.54) is 18.3 Å². The highest BCUT2D eigenvalue weighted by Crippen LogP contribution is 2.33. The van der Waals surface area contributed by atoms with Gasteiger partial charge in [0, 0.05) is 17.3 Å². The summed E-state index contributed by atoms with van der Waals surface area (Å²) < 4.78 is 13.4. The van der Waals surface area contributed by atoms with Crippen molar-refractivity contribution in [2.45, 2.75) is 25.3 Å². The summed E-state index contributed by atoms with van der Waals surface area (Å²) in [6, 6.07) is 2.57. The Morgan fingerprint density at radius 3 is 3.15 bits per heavy atom. The van der Waals surface area contributed by atoms with Gasteiger partial charge in [0.1, 0.15) is 5.82 Å². The lowest BCUT2D eigenvalue weighted by Crippen LogP contribution is -2.40. The first-order valence-electron chi connectivity index (χ1n) is 6.32. The number of urea groups is 1. The summed E-state index contributed by atoms with van der Waals surface area (Å²) in [6.45, 7) is 2.52. The molecule has 3 N–H and O–H groups in total. The monoisotopic (exact) mass is 296 g/mol. The first kappa shape index (κ1) is 14.8. The fourth-order valence-corrected chi connectivity index (χ4v) is 3.04. The molecule has 7 heteroatoms. The first-order chi connectivity index (χ1) is 9.61. The van der Waals surface area contributed by atoms with Gasteiger partial charge in [-0.2, -0.15) is 0 Å². The summed E-state index contributed by atoms with van der Waals surface area (Å²) in [7, 11) is 0. The number of thioether (sulfide) groups is 1. The van der Waals surface area contributed by atoms with E-state index in [1.807, 2.05) is 6.92 Å². The number of hydrogen-bond donors (Lipinski definition) is 2. The number of nitrogens with zero attached hydrogens (tertiary/aromatic N) is 2. The Morgan fingerprint density at radius 2 is 2.45 bits per heavy atom. The molecule has 0 bridgehead atoms. The number of nitrogens with two attached hydrogens (primary N) is 1. The molecule has 0 fully saturated rings. The average molecular weight is 296 g/mol. The van der Waals surface area contributed by atoms with E-state index in [9.17, 15) is 9.18 Å². The third-order valence-electron chi connectivity index (χ3n) is 2.84. The normalized spacial score (nSPS) is 18.1. The maximum atomic E-state index is 13.4. The Labute approximate surface area is 121 Å². The number of carbonyl (C=O) groups is 1. The van der Waals surface area contributed by atoms with Gasteiger partial charge in [-0.15, -0.1) is 11.8 Å². The van der Waals surface area contributed by atoms with Crippen LogP contribution < -0.4 is 11.1 Å². The van der Waals surface area contributed by atoms with E-state index < -0.39 is 5.82 Å². The van der Waals surface area contributed by atoms with Crippen LogP contribution in [0.3, 0.4) is 0 Å². The quantitative estimate of drug-likeness (QED) is 0.891. The van der Waals surface area contributed by atoms with Gasteiger partial charge in [0.15, 0.2) is 0 Å². The molecule has 2 rings (SSSR count). The second kappa shape index (κ2) is 6.71. The molecule has 0 aromatic carbocycles. The zero-order chi connectivity index (χ0) is 14.5. The smallest absolute Gasteiger partial charge is 0.322 e. The van der Waals surface area contributed by atoms with Gasteiger partial charge in [0.05, 0.1) is 17.6 Å². The van der Waals surface area contributed by atoms with E-state index in [2.05, 4.69) is 10.3 Å². The summed E-state index contributed by atoms with van der Waals surface area (Å²) in [4.78, 5) is 18.7. The number of hydrogen-bond acceptors (Lipinski definition) is 4. The molecule has 0 aliphatic carbocycles. The highest BCUT2D eigenvalue weighted by atomic mass is 32.2. The Hall–Kier alpha value is -1.60. The van der Waals surface area contributed by atoms with Gasteiger partial charge in [-0.3, -0.25) is 9.88 Å². The summed E-state index contributed by atoms with van der Waals surface area (Å²) in [6.07, 6.45) is 4.00. The van der Waals surface area contributed by atoms with Gasteiger partial charge in [0.2, 0.25) is 0 Å². The molecule has 1 atom stereocenters. The fourth-order valence-electron chi connectivity index (χ4n) is 1.91. The topological polar surface area (TPSA) is 71.2 Å². The van der Waals surface area contributed by atoms with E-state index in [0.717, 1.165) is 4.91 Å². The molecule has 0 saturated carbocycles. The van der Waals surface area contributed by atoms with Crippen LogP contribution in [0.15, 0.2) is 29.4 Å². The Morgan fingerprint density at radius 1 is 1.65 bits per heavy atom. The van der Waals surface area contributed by atoms with Gasteiger partial charge >= 0.3 is 6.03 Å². The predicted molar refractivity (Wildman–Crippen MR) is 77.1 cm³/mol. The molecule has 1 unspecified atom stereocenters. The molecule has 1 aromatic rings. The molecule has 0 radical (unpaired) electrons. The number of aromatic nitrogens is 1. The van der Waals surface area contributed by atoms with Crippen LogP contribution in [0.1, 0.15) is 19.0 Å². The molecule has 0 spiro atoms. The van der Waals surface area contributed by atoms with Gasteiger partial charge in [-0.05, 0) is 32.0 Å². The number of pyridine rings is 1. The number of allylic oxidation sites excluding steroid dienone is 1. The molecule has 1 aliphatic heterocycles.